The van der Waals surface area contributed by atoms with Crippen molar-refractivity contribution in [2.75, 3.05) is 5.75 Å². The molecule has 0 amide bonds. The first kappa shape index (κ1) is 22.3. The number of thiophene rings is 1. The van der Waals surface area contributed by atoms with Crippen molar-refractivity contribution in [2.45, 2.75) is 42.9 Å². The Kier molecular flexibility index (Phi) is 5.44. The summed E-state index contributed by atoms with van der Waals surface area (Å²) in [5.41, 5.74) is -0.215. The van der Waals surface area contributed by atoms with E-state index in [0.29, 0.717) is 33.3 Å². The lowest BCUT2D eigenvalue weighted by Gasteiger charge is -2.51. The fourth-order valence-electron chi connectivity index (χ4n) is 4.17. The third kappa shape index (κ3) is 3.67. The first-order valence-corrected chi connectivity index (χ1v) is 12.4. The van der Waals surface area contributed by atoms with E-state index in [1.165, 1.54) is 11.3 Å². The van der Waals surface area contributed by atoms with Crippen LogP contribution in [0.3, 0.4) is 0 Å². The van der Waals surface area contributed by atoms with Crippen molar-refractivity contribution in [3.8, 4) is 11.8 Å². The molecule has 2 heterocycles. The maximum Gasteiger partial charge on any atom is 0.194 e. The van der Waals surface area contributed by atoms with Crippen LogP contribution in [0.15, 0.2) is 30.5 Å². The Labute approximate surface area is 188 Å². The Morgan fingerprint density at radius 1 is 1.23 bits per heavy atom. The molecule has 1 saturated carbocycles. The molecule has 1 aromatic carbocycles. The predicted molar refractivity (Wildman–Crippen MR) is 116 cm³/mol. The van der Waals surface area contributed by atoms with Gasteiger partial charge in [-0.05, 0) is 49.9 Å². The summed E-state index contributed by atoms with van der Waals surface area (Å²) in [4.78, 5) is 1.22. The van der Waals surface area contributed by atoms with Crippen LogP contribution in [0.2, 0.25) is 5.02 Å². The number of nitrogens with one attached hydrogen (secondary N) is 1. The van der Waals surface area contributed by atoms with E-state index in [1.807, 2.05) is 0 Å². The van der Waals surface area contributed by atoms with E-state index in [1.54, 1.807) is 13.0 Å². The quantitative estimate of drug-likeness (QED) is 0.476. The molecule has 0 unspecified atom stereocenters. The van der Waals surface area contributed by atoms with Gasteiger partial charge in [-0.1, -0.05) is 30.0 Å². The SMILES string of the molecule is C=C1N[C@](C)(c2sc(C#CCc3cc(F)c(F)c(F)c3)cc2Cl)CS(=O)(=O)C12CCC2. The smallest absolute Gasteiger partial charge is 0.194 e. The van der Waals surface area contributed by atoms with E-state index in [-0.39, 0.29) is 17.7 Å². The molecule has 0 radical (unpaired) electrons. The minimum absolute atomic E-state index is 0.0161. The standard InChI is InChI=1S/C22H19ClF3NO2S2/c1-13-22(7-4-8-22)31(28,29)12-21(2,27-13)20-16(23)11-15(30-20)6-3-5-14-9-17(24)19(26)18(25)10-14/h9-11,27H,1,4-5,7-8,12H2,2H3/t21-/m0/s1. The van der Waals surface area contributed by atoms with Crippen molar-refractivity contribution in [1.29, 1.82) is 0 Å². The summed E-state index contributed by atoms with van der Waals surface area (Å²) in [6, 6.07) is 3.44. The van der Waals surface area contributed by atoms with Crippen molar-refractivity contribution in [3.05, 3.63) is 68.3 Å². The number of hydrogen-bond donors (Lipinski definition) is 1. The molecule has 9 heteroatoms. The van der Waals surface area contributed by atoms with Gasteiger partial charge in [-0.2, -0.15) is 0 Å². The summed E-state index contributed by atoms with van der Waals surface area (Å²) >= 11 is 7.68. The van der Waals surface area contributed by atoms with Gasteiger partial charge in [0.1, 0.15) is 4.75 Å². The van der Waals surface area contributed by atoms with Crippen LogP contribution in [0.5, 0.6) is 0 Å². The molecule has 1 aliphatic carbocycles. The van der Waals surface area contributed by atoms with Gasteiger partial charge in [0.05, 0.1) is 26.1 Å². The minimum atomic E-state index is -3.42. The zero-order valence-electron chi connectivity index (χ0n) is 16.6. The third-order valence-electron chi connectivity index (χ3n) is 5.95. The van der Waals surface area contributed by atoms with Crippen LogP contribution < -0.4 is 5.32 Å². The van der Waals surface area contributed by atoms with E-state index >= 15 is 0 Å². The van der Waals surface area contributed by atoms with E-state index in [9.17, 15) is 21.6 Å². The van der Waals surface area contributed by atoms with Gasteiger partial charge in [-0.3, -0.25) is 0 Å². The summed E-state index contributed by atoms with van der Waals surface area (Å²) in [6.07, 6.45) is 2.04. The molecular weight excluding hydrogens is 467 g/mol. The molecule has 0 bridgehead atoms. The normalized spacial score (nSPS) is 23.6. The summed E-state index contributed by atoms with van der Waals surface area (Å²) in [5, 5.41) is 3.68. The maximum atomic E-state index is 13.3. The highest BCUT2D eigenvalue weighted by molar-refractivity contribution is 7.93. The number of rotatable bonds is 2. The lowest BCUT2D eigenvalue weighted by Crippen LogP contribution is -2.63. The summed E-state index contributed by atoms with van der Waals surface area (Å²) < 4.78 is 65.0. The maximum absolute atomic E-state index is 13.3. The Bertz CT molecular complexity index is 1230. The molecule has 2 aliphatic rings. The van der Waals surface area contributed by atoms with Crippen molar-refractivity contribution in [3.63, 3.8) is 0 Å². The lowest BCUT2D eigenvalue weighted by atomic mass is 9.80. The van der Waals surface area contributed by atoms with E-state index in [4.69, 9.17) is 11.6 Å². The highest BCUT2D eigenvalue weighted by Crippen LogP contribution is 2.51. The van der Waals surface area contributed by atoms with Crippen molar-refractivity contribution in [1.82, 2.24) is 5.32 Å². The molecule has 1 N–H and O–H groups in total. The number of sulfone groups is 1. The number of benzene rings is 1. The molecular formula is C22H19ClF3NO2S2. The monoisotopic (exact) mass is 485 g/mol. The van der Waals surface area contributed by atoms with Gasteiger partial charge in [0, 0.05) is 12.1 Å². The van der Waals surface area contributed by atoms with Crippen molar-refractivity contribution >= 4 is 32.8 Å². The van der Waals surface area contributed by atoms with Crippen LogP contribution in [0.1, 0.15) is 41.5 Å². The van der Waals surface area contributed by atoms with E-state index in [0.717, 1.165) is 18.6 Å². The Morgan fingerprint density at radius 3 is 2.42 bits per heavy atom. The average Bonchev–Trinajstić information content (AvgIpc) is 2.98. The predicted octanol–water partition coefficient (Wildman–Crippen LogP) is 5.08. The fourth-order valence-corrected chi connectivity index (χ4v) is 8.38. The van der Waals surface area contributed by atoms with Gasteiger partial charge < -0.3 is 5.32 Å². The number of halogens is 4. The molecule has 1 saturated heterocycles. The average molecular weight is 486 g/mol. The van der Waals surface area contributed by atoms with Gasteiger partial charge in [0.25, 0.3) is 0 Å². The Balaban J connectivity index is 1.58. The highest BCUT2D eigenvalue weighted by atomic mass is 35.5. The summed E-state index contributed by atoms with van der Waals surface area (Å²) in [6.45, 7) is 5.78. The molecule has 2 aromatic rings. The van der Waals surface area contributed by atoms with Gasteiger partial charge in [0.15, 0.2) is 27.3 Å². The van der Waals surface area contributed by atoms with Crippen LogP contribution in [-0.2, 0) is 21.8 Å². The first-order chi connectivity index (χ1) is 14.5. The molecule has 164 valence electrons. The number of hydrogen-bond acceptors (Lipinski definition) is 4. The molecule has 2 fully saturated rings. The van der Waals surface area contributed by atoms with Crippen LogP contribution >= 0.6 is 22.9 Å². The zero-order chi connectivity index (χ0) is 22.6. The highest BCUT2D eigenvalue weighted by Gasteiger charge is 2.58. The van der Waals surface area contributed by atoms with E-state index in [2.05, 4.69) is 23.7 Å². The topological polar surface area (TPSA) is 46.2 Å². The molecule has 1 spiro atoms. The largest absolute Gasteiger partial charge is 0.376 e. The first-order valence-electron chi connectivity index (χ1n) is 9.59. The molecule has 1 aliphatic heterocycles. The van der Waals surface area contributed by atoms with Crippen molar-refractivity contribution in [2.24, 2.45) is 0 Å². The molecule has 4 rings (SSSR count). The van der Waals surface area contributed by atoms with Crippen LogP contribution in [0.25, 0.3) is 0 Å². The molecule has 1 aromatic heterocycles. The summed E-state index contributed by atoms with van der Waals surface area (Å²) in [7, 11) is -3.42. The van der Waals surface area contributed by atoms with Crippen LogP contribution in [0, 0.1) is 29.3 Å². The second-order valence-corrected chi connectivity index (χ2v) is 11.9. The van der Waals surface area contributed by atoms with Crippen molar-refractivity contribution < 1.29 is 21.6 Å². The molecule has 31 heavy (non-hydrogen) atoms. The van der Waals surface area contributed by atoms with Crippen LogP contribution in [-0.4, -0.2) is 18.9 Å². The van der Waals surface area contributed by atoms with Gasteiger partial charge in [0.2, 0.25) is 0 Å². The second-order valence-electron chi connectivity index (χ2n) is 8.18. The fraction of sp³-hybridized carbons (Fsp3) is 0.364. The third-order valence-corrected chi connectivity index (χ3v) is 10.5. The van der Waals surface area contributed by atoms with Crippen LogP contribution in [0.4, 0.5) is 13.2 Å². The lowest BCUT2D eigenvalue weighted by molar-refractivity contribution is 0.308. The molecule has 3 nitrogen and oxygen atoms in total. The summed E-state index contributed by atoms with van der Waals surface area (Å²) in [5.74, 6) is 1.54. The zero-order valence-corrected chi connectivity index (χ0v) is 19.0. The molecule has 1 atom stereocenters. The van der Waals surface area contributed by atoms with Gasteiger partial charge >= 0.3 is 0 Å². The van der Waals surface area contributed by atoms with Gasteiger partial charge in [-0.25, -0.2) is 21.6 Å². The minimum Gasteiger partial charge on any atom is -0.376 e. The Hall–Kier alpha value is -1.95. The Morgan fingerprint density at radius 2 is 1.87 bits per heavy atom. The second kappa shape index (κ2) is 7.58. The van der Waals surface area contributed by atoms with Gasteiger partial charge in [-0.15, -0.1) is 11.3 Å². The van der Waals surface area contributed by atoms with E-state index < -0.39 is 37.6 Å².